The van der Waals surface area contributed by atoms with Crippen LogP contribution in [0.3, 0.4) is 0 Å². The molecule has 1 amide bonds. The number of primary amides is 1. The first-order chi connectivity index (χ1) is 9.67. The van der Waals surface area contributed by atoms with E-state index < -0.39 is 5.91 Å². The van der Waals surface area contributed by atoms with Gasteiger partial charge in [-0.05, 0) is 24.3 Å². The second kappa shape index (κ2) is 6.07. The lowest BCUT2D eigenvalue weighted by molar-refractivity contribution is 0.1000. The van der Waals surface area contributed by atoms with E-state index in [0.717, 1.165) is 0 Å². The number of nitrogens with zero attached hydrogens (tertiary/aromatic N) is 2. The molecule has 0 saturated carbocycles. The lowest BCUT2D eigenvalue weighted by Gasteiger charge is -2.12. The first-order valence-electron chi connectivity index (χ1n) is 6.03. The van der Waals surface area contributed by atoms with E-state index in [-0.39, 0.29) is 0 Å². The Hall–Kier alpha value is -2.54. The zero-order chi connectivity index (χ0) is 14.5. The van der Waals surface area contributed by atoms with Crippen LogP contribution in [0.1, 0.15) is 10.4 Å². The van der Waals surface area contributed by atoms with Crippen LogP contribution in [0.2, 0.25) is 0 Å². The highest BCUT2D eigenvalue weighted by Crippen LogP contribution is 2.30. The molecular formula is C13H16N4O3. The molecule has 0 saturated heterocycles. The Bertz CT molecular complexity index is 609. The number of rotatable bonds is 6. The lowest BCUT2D eigenvalue weighted by Crippen LogP contribution is -2.14. The molecule has 0 unspecified atom stereocenters. The summed E-state index contributed by atoms with van der Waals surface area (Å²) in [5.41, 5.74) is 12.4. The highest BCUT2D eigenvalue weighted by atomic mass is 16.7. The summed E-state index contributed by atoms with van der Waals surface area (Å²) in [5.74, 6) is 0.0688. The van der Waals surface area contributed by atoms with E-state index in [1.54, 1.807) is 30.5 Å². The van der Waals surface area contributed by atoms with Crippen molar-refractivity contribution in [2.45, 2.75) is 0 Å². The Morgan fingerprint density at radius 2 is 2.20 bits per heavy atom. The van der Waals surface area contributed by atoms with Gasteiger partial charge in [0.15, 0.2) is 0 Å². The largest absolute Gasteiger partial charge is 0.492 e. The number of carbonyl (C=O) groups is 1. The van der Waals surface area contributed by atoms with Gasteiger partial charge in [0, 0.05) is 17.7 Å². The summed E-state index contributed by atoms with van der Waals surface area (Å²) in [4.78, 5) is 17.7. The minimum Gasteiger partial charge on any atom is -0.492 e. The molecule has 0 aliphatic heterocycles. The van der Waals surface area contributed by atoms with Crippen molar-refractivity contribution in [2.75, 3.05) is 20.3 Å². The molecule has 2 aromatic rings. The van der Waals surface area contributed by atoms with Crippen molar-refractivity contribution >= 4 is 5.91 Å². The lowest BCUT2D eigenvalue weighted by atomic mass is 10.1. The van der Waals surface area contributed by atoms with Gasteiger partial charge in [0.1, 0.15) is 25.2 Å². The number of nitrogens with two attached hydrogens (primary N) is 2. The van der Waals surface area contributed by atoms with Gasteiger partial charge in [-0.1, -0.05) is 4.85 Å². The molecule has 7 heteroatoms. The van der Waals surface area contributed by atoms with Crippen molar-refractivity contribution in [3.05, 3.63) is 36.0 Å². The van der Waals surface area contributed by atoms with Gasteiger partial charge in [0.2, 0.25) is 5.91 Å². The van der Waals surface area contributed by atoms with E-state index in [2.05, 4.69) is 5.10 Å². The van der Waals surface area contributed by atoms with Crippen molar-refractivity contribution in [3.63, 3.8) is 0 Å². The standard InChI is InChI=1S/C13H16N4O3/c1-19-17-11(4-6-16-17)10-8-9(13(15)18)2-3-12(10)20-7-5-14/h2-4,6,8H,5,7,14H2,1H3,(H2,15,18). The summed E-state index contributed by atoms with van der Waals surface area (Å²) in [6, 6.07) is 6.67. The van der Waals surface area contributed by atoms with E-state index in [0.29, 0.717) is 35.7 Å². The van der Waals surface area contributed by atoms with Crippen LogP contribution in [0, 0.1) is 0 Å². The summed E-state index contributed by atoms with van der Waals surface area (Å²) >= 11 is 0. The van der Waals surface area contributed by atoms with Gasteiger partial charge in [-0.3, -0.25) is 4.79 Å². The minimum absolute atomic E-state index is 0.365. The first kappa shape index (κ1) is 13.9. The Balaban J connectivity index is 2.51. The zero-order valence-electron chi connectivity index (χ0n) is 11.1. The van der Waals surface area contributed by atoms with Crippen LogP contribution in [0.4, 0.5) is 0 Å². The second-order valence-corrected chi connectivity index (χ2v) is 3.98. The average Bonchev–Trinajstić information content (AvgIpc) is 2.93. The zero-order valence-corrected chi connectivity index (χ0v) is 11.1. The number of amides is 1. The number of hydrogen-bond donors (Lipinski definition) is 2. The van der Waals surface area contributed by atoms with Gasteiger partial charge in [0.25, 0.3) is 0 Å². The molecular weight excluding hydrogens is 260 g/mol. The van der Waals surface area contributed by atoms with Crippen LogP contribution in [-0.4, -0.2) is 36.1 Å². The van der Waals surface area contributed by atoms with Gasteiger partial charge in [-0.15, -0.1) is 5.10 Å². The van der Waals surface area contributed by atoms with E-state index in [1.807, 2.05) is 0 Å². The molecule has 0 fully saturated rings. The molecule has 20 heavy (non-hydrogen) atoms. The molecule has 1 heterocycles. The van der Waals surface area contributed by atoms with Crippen LogP contribution in [0.15, 0.2) is 30.5 Å². The smallest absolute Gasteiger partial charge is 0.248 e. The highest BCUT2D eigenvalue weighted by molar-refractivity contribution is 5.94. The predicted molar refractivity (Wildman–Crippen MR) is 73.2 cm³/mol. The predicted octanol–water partition coefficient (Wildman–Crippen LogP) is 0.0449. The van der Waals surface area contributed by atoms with Gasteiger partial charge in [-0.2, -0.15) is 0 Å². The van der Waals surface area contributed by atoms with Crippen LogP contribution in [-0.2, 0) is 0 Å². The fourth-order valence-corrected chi connectivity index (χ4v) is 1.81. The Kier molecular flexibility index (Phi) is 4.21. The van der Waals surface area contributed by atoms with Crippen molar-refractivity contribution in [2.24, 2.45) is 11.5 Å². The molecule has 0 spiro atoms. The van der Waals surface area contributed by atoms with Gasteiger partial charge >= 0.3 is 0 Å². The number of hydrogen-bond acceptors (Lipinski definition) is 5. The van der Waals surface area contributed by atoms with Crippen molar-refractivity contribution in [1.82, 2.24) is 9.94 Å². The summed E-state index contributed by atoms with van der Waals surface area (Å²) in [6.45, 7) is 0.755. The maximum atomic E-state index is 11.3. The minimum atomic E-state index is -0.514. The quantitative estimate of drug-likeness (QED) is 0.775. The number of benzene rings is 1. The Morgan fingerprint density at radius 1 is 1.40 bits per heavy atom. The Morgan fingerprint density at radius 3 is 2.85 bits per heavy atom. The molecule has 1 aromatic heterocycles. The number of aromatic nitrogens is 2. The van der Waals surface area contributed by atoms with E-state index in [9.17, 15) is 4.79 Å². The van der Waals surface area contributed by atoms with Gasteiger partial charge in [-0.25, -0.2) is 0 Å². The Labute approximate surface area is 116 Å². The fourth-order valence-electron chi connectivity index (χ4n) is 1.81. The topological polar surface area (TPSA) is 105 Å². The maximum Gasteiger partial charge on any atom is 0.248 e. The SMILES string of the molecule is COn1nccc1-c1cc(C(N)=O)ccc1OCCN. The molecule has 106 valence electrons. The van der Waals surface area contributed by atoms with Crippen LogP contribution in [0.25, 0.3) is 11.3 Å². The molecule has 0 radical (unpaired) electrons. The van der Waals surface area contributed by atoms with E-state index >= 15 is 0 Å². The van der Waals surface area contributed by atoms with E-state index in [4.69, 9.17) is 21.0 Å². The van der Waals surface area contributed by atoms with Crippen LogP contribution < -0.4 is 21.0 Å². The highest BCUT2D eigenvalue weighted by Gasteiger charge is 2.14. The first-order valence-corrected chi connectivity index (χ1v) is 6.03. The molecule has 0 atom stereocenters. The molecule has 1 aromatic carbocycles. The third kappa shape index (κ3) is 2.72. The summed E-state index contributed by atoms with van der Waals surface area (Å²) in [7, 11) is 1.49. The van der Waals surface area contributed by atoms with Crippen molar-refractivity contribution in [3.8, 4) is 17.0 Å². The molecule has 0 bridgehead atoms. The van der Waals surface area contributed by atoms with Crippen LogP contribution in [0.5, 0.6) is 5.75 Å². The maximum absolute atomic E-state index is 11.3. The van der Waals surface area contributed by atoms with Gasteiger partial charge < -0.3 is 21.0 Å². The third-order valence-corrected chi connectivity index (χ3v) is 2.70. The molecule has 2 rings (SSSR count). The summed E-state index contributed by atoms with van der Waals surface area (Å²) in [5, 5.41) is 4.00. The van der Waals surface area contributed by atoms with Gasteiger partial charge in [0.05, 0.1) is 6.20 Å². The average molecular weight is 276 g/mol. The molecule has 0 aliphatic carbocycles. The second-order valence-electron chi connectivity index (χ2n) is 3.98. The molecule has 7 nitrogen and oxygen atoms in total. The molecule has 0 aliphatic rings. The van der Waals surface area contributed by atoms with E-state index in [1.165, 1.54) is 12.0 Å². The van der Waals surface area contributed by atoms with Crippen molar-refractivity contribution in [1.29, 1.82) is 0 Å². The van der Waals surface area contributed by atoms with Crippen molar-refractivity contribution < 1.29 is 14.4 Å². The summed E-state index contributed by atoms with van der Waals surface area (Å²) in [6.07, 6.45) is 1.59. The fraction of sp³-hybridized carbons (Fsp3) is 0.231. The number of ether oxygens (including phenoxy) is 1. The third-order valence-electron chi connectivity index (χ3n) is 2.70. The number of carbonyl (C=O) groups excluding carboxylic acids is 1. The summed E-state index contributed by atoms with van der Waals surface area (Å²) < 4.78 is 5.57. The molecule has 4 N–H and O–H groups in total. The van der Waals surface area contributed by atoms with Crippen LogP contribution >= 0.6 is 0 Å². The normalized spacial score (nSPS) is 10.3. The monoisotopic (exact) mass is 276 g/mol.